The lowest BCUT2D eigenvalue weighted by Gasteiger charge is -2.30. The summed E-state index contributed by atoms with van der Waals surface area (Å²) >= 11 is 0. The van der Waals surface area contributed by atoms with E-state index in [-0.39, 0.29) is 0 Å². The molecule has 0 aromatic heterocycles. The van der Waals surface area contributed by atoms with Crippen molar-refractivity contribution in [1.29, 1.82) is 0 Å². The van der Waals surface area contributed by atoms with Crippen molar-refractivity contribution < 1.29 is 14.6 Å². The zero-order valence-electron chi connectivity index (χ0n) is 10.4. The molecule has 1 rings (SSSR count). The van der Waals surface area contributed by atoms with Crippen LogP contribution in [0.1, 0.15) is 19.4 Å². The molecule has 2 atom stereocenters. The number of aliphatic hydroxyl groups is 1. The Morgan fingerprint density at radius 2 is 2.06 bits per heavy atom. The molecule has 1 aromatic carbocycles. The van der Waals surface area contributed by atoms with E-state index in [0.29, 0.717) is 6.54 Å². The van der Waals surface area contributed by atoms with Gasteiger partial charge in [0.2, 0.25) is 0 Å². The minimum atomic E-state index is -1.09. The highest BCUT2D eigenvalue weighted by Gasteiger charge is 2.38. The first-order valence-corrected chi connectivity index (χ1v) is 5.56. The zero-order valence-corrected chi connectivity index (χ0v) is 10.4. The van der Waals surface area contributed by atoms with Gasteiger partial charge in [0.05, 0.1) is 13.2 Å². The van der Waals surface area contributed by atoms with Gasteiger partial charge in [-0.3, -0.25) is 5.32 Å². The fourth-order valence-electron chi connectivity index (χ4n) is 1.48. The van der Waals surface area contributed by atoms with E-state index >= 15 is 0 Å². The molecule has 0 saturated heterocycles. The molecule has 4 nitrogen and oxygen atoms in total. The van der Waals surface area contributed by atoms with Gasteiger partial charge in [0.15, 0.2) is 0 Å². The van der Waals surface area contributed by atoms with Crippen LogP contribution in [0.25, 0.3) is 0 Å². The zero-order chi connectivity index (χ0) is 12.9. The molecular formula is C13H19NO3. The maximum atomic E-state index is 11.7. The minimum absolute atomic E-state index is 0.469. The second kappa shape index (κ2) is 5.80. The normalized spacial score (nSPS) is 16.0. The molecule has 2 unspecified atom stereocenters. The Morgan fingerprint density at radius 3 is 2.53 bits per heavy atom. The summed E-state index contributed by atoms with van der Waals surface area (Å²) in [7, 11) is 1.31. The predicted molar refractivity (Wildman–Crippen MR) is 65.4 cm³/mol. The van der Waals surface area contributed by atoms with Gasteiger partial charge in [0.25, 0.3) is 0 Å². The van der Waals surface area contributed by atoms with Gasteiger partial charge in [-0.25, -0.2) is 4.79 Å². The highest BCUT2D eigenvalue weighted by molar-refractivity contribution is 5.81. The van der Waals surface area contributed by atoms with E-state index in [4.69, 9.17) is 4.74 Å². The largest absolute Gasteiger partial charge is 0.468 e. The van der Waals surface area contributed by atoms with Gasteiger partial charge in [-0.05, 0) is 19.4 Å². The van der Waals surface area contributed by atoms with Crippen LogP contribution in [0.5, 0.6) is 0 Å². The first-order valence-electron chi connectivity index (χ1n) is 5.56. The molecule has 94 valence electrons. The minimum Gasteiger partial charge on any atom is -0.468 e. The topological polar surface area (TPSA) is 58.6 Å². The van der Waals surface area contributed by atoms with Crippen molar-refractivity contribution in [3.8, 4) is 0 Å². The number of benzene rings is 1. The Bertz CT molecular complexity index is 364. The molecule has 1 aromatic rings. The van der Waals surface area contributed by atoms with Crippen molar-refractivity contribution in [3.63, 3.8) is 0 Å². The Labute approximate surface area is 102 Å². The molecule has 0 fully saturated rings. The summed E-state index contributed by atoms with van der Waals surface area (Å²) in [5, 5.41) is 12.7. The van der Waals surface area contributed by atoms with Crippen LogP contribution in [-0.4, -0.2) is 29.8 Å². The fourth-order valence-corrected chi connectivity index (χ4v) is 1.48. The standard InChI is InChI=1S/C13H19NO3/c1-10(15)13(2,12(16)17-3)14-9-11-7-5-4-6-8-11/h4-8,10,14-15H,9H2,1-3H3. The predicted octanol–water partition coefficient (Wildman–Crippen LogP) is 1.09. The third kappa shape index (κ3) is 3.28. The molecule has 0 heterocycles. The molecule has 0 amide bonds. The molecular weight excluding hydrogens is 218 g/mol. The summed E-state index contributed by atoms with van der Waals surface area (Å²) in [5.74, 6) is -0.469. The van der Waals surface area contributed by atoms with E-state index in [0.717, 1.165) is 5.56 Å². The van der Waals surface area contributed by atoms with E-state index in [9.17, 15) is 9.90 Å². The summed E-state index contributed by atoms with van der Waals surface area (Å²) in [6.07, 6.45) is -0.835. The van der Waals surface area contributed by atoms with E-state index < -0.39 is 17.6 Å². The number of hydrogen-bond acceptors (Lipinski definition) is 4. The third-order valence-electron chi connectivity index (χ3n) is 2.95. The lowest BCUT2D eigenvalue weighted by atomic mass is 9.95. The average Bonchev–Trinajstić information content (AvgIpc) is 2.35. The second-order valence-corrected chi connectivity index (χ2v) is 4.21. The molecule has 0 radical (unpaired) electrons. The number of ether oxygens (including phenoxy) is 1. The van der Waals surface area contributed by atoms with E-state index in [1.165, 1.54) is 7.11 Å². The van der Waals surface area contributed by atoms with Gasteiger partial charge in [-0.1, -0.05) is 30.3 Å². The number of esters is 1. The Morgan fingerprint density at radius 1 is 1.47 bits per heavy atom. The number of carbonyl (C=O) groups excluding carboxylic acids is 1. The number of methoxy groups -OCH3 is 1. The lowest BCUT2D eigenvalue weighted by Crippen LogP contribution is -2.57. The smallest absolute Gasteiger partial charge is 0.328 e. The maximum absolute atomic E-state index is 11.7. The maximum Gasteiger partial charge on any atom is 0.328 e. The van der Waals surface area contributed by atoms with Crippen LogP contribution in [0, 0.1) is 0 Å². The van der Waals surface area contributed by atoms with Gasteiger partial charge in [-0.2, -0.15) is 0 Å². The first-order chi connectivity index (χ1) is 8.00. The van der Waals surface area contributed by atoms with Gasteiger partial charge in [0.1, 0.15) is 5.54 Å². The summed E-state index contributed by atoms with van der Waals surface area (Å²) in [4.78, 5) is 11.7. The summed E-state index contributed by atoms with van der Waals surface area (Å²) in [6, 6.07) is 9.68. The highest BCUT2D eigenvalue weighted by atomic mass is 16.5. The monoisotopic (exact) mass is 237 g/mol. The van der Waals surface area contributed by atoms with Gasteiger partial charge < -0.3 is 9.84 Å². The molecule has 2 N–H and O–H groups in total. The molecule has 0 spiro atoms. The molecule has 17 heavy (non-hydrogen) atoms. The third-order valence-corrected chi connectivity index (χ3v) is 2.95. The van der Waals surface area contributed by atoms with Crippen LogP contribution >= 0.6 is 0 Å². The number of carbonyl (C=O) groups is 1. The molecule has 0 aliphatic carbocycles. The molecule has 0 aliphatic heterocycles. The van der Waals surface area contributed by atoms with Crippen LogP contribution in [-0.2, 0) is 16.1 Å². The summed E-state index contributed by atoms with van der Waals surface area (Å²) in [5.41, 5.74) is -0.0480. The summed E-state index contributed by atoms with van der Waals surface area (Å²) in [6.45, 7) is 3.69. The Balaban J connectivity index is 2.72. The lowest BCUT2D eigenvalue weighted by molar-refractivity contribution is -0.152. The quantitative estimate of drug-likeness (QED) is 0.753. The van der Waals surface area contributed by atoms with Crippen molar-refractivity contribution in [2.45, 2.75) is 32.0 Å². The van der Waals surface area contributed by atoms with Crippen LogP contribution in [0.2, 0.25) is 0 Å². The number of hydrogen-bond donors (Lipinski definition) is 2. The van der Waals surface area contributed by atoms with Crippen LogP contribution < -0.4 is 5.32 Å². The molecule has 4 heteroatoms. The van der Waals surface area contributed by atoms with Gasteiger partial charge >= 0.3 is 5.97 Å². The van der Waals surface area contributed by atoms with Gasteiger partial charge in [0, 0.05) is 6.54 Å². The van der Waals surface area contributed by atoms with Crippen molar-refractivity contribution in [1.82, 2.24) is 5.32 Å². The summed E-state index contributed by atoms with van der Waals surface area (Å²) < 4.78 is 4.70. The van der Waals surface area contributed by atoms with Crippen LogP contribution in [0.3, 0.4) is 0 Å². The van der Waals surface area contributed by atoms with Gasteiger partial charge in [-0.15, -0.1) is 0 Å². The average molecular weight is 237 g/mol. The first kappa shape index (κ1) is 13.7. The van der Waals surface area contributed by atoms with Crippen molar-refractivity contribution in [2.75, 3.05) is 7.11 Å². The Hall–Kier alpha value is -1.39. The van der Waals surface area contributed by atoms with E-state index in [2.05, 4.69) is 5.32 Å². The van der Waals surface area contributed by atoms with Crippen LogP contribution in [0.15, 0.2) is 30.3 Å². The van der Waals surface area contributed by atoms with Crippen molar-refractivity contribution >= 4 is 5.97 Å². The number of nitrogens with one attached hydrogen (secondary N) is 1. The van der Waals surface area contributed by atoms with E-state index in [1.54, 1.807) is 13.8 Å². The molecule has 0 bridgehead atoms. The second-order valence-electron chi connectivity index (χ2n) is 4.21. The van der Waals surface area contributed by atoms with Crippen LogP contribution in [0.4, 0.5) is 0 Å². The Kier molecular flexibility index (Phi) is 4.66. The SMILES string of the molecule is COC(=O)C(C)(NCc1ccccc1)C(C)O. The highest BCUT2D eigenvalue weighted by Crippen LogP contribution is 2.13. The number of rotatable bonds is 5. The van der Waals surface area contributed by atoms with Crippen molar-refractivity contribution in [2.24, 2.45) is 0 Å². The van der Waals surface area contributed by atoms with E-state index in [1.807, 2.05) is 30.3 Å². The molecule has 0 saturated carbocycles. The van der Waals surface area contributed by atoms with Crippen molar-refractivity contribution in [3.05, 3.63) is 35.9 Å². The molecule has 0 aliphatic rings. The fraction of sp³-hybridized carbons (Fsp3) is 0.462. The number of aliphatic hydroxyl groups excluding tert-OH is 1.